The number of benzene rings is 11. The van der Waals surface area contributed by atoms with E-state index in [1.807, 2.05) is 0 Å². The zero-order chi connectivity index (χ0) is 54.9. The van der Waals surface area contributed by atoms with E-state index in [1.165, 1.54) is 41.5 Å². The van der Waals surface area contributed by atoms with Crippen molar-refractivity contribution in [3.05, 3.63) is 322 Å². The van der Waals surface area contributed by atoms with Gasteiger partial charge in [-0.15, -0.1) is 0 Å². The van der Waals surface area contributed by atoms with Gasteiger partial charge >= 0.3 is 0 Å². The minimum Gasteiger partial charge on any atom is -0.309 e. The molecule has 0 atom stereocenters. The molecule has 2 aliphatic rings. The van der Waals surface area contributed by atoms with Crippen LogP contribution in [0.3, 0.4) is 0 Å². The third-order valence-electron chi connectivity index (χ3n) is 17.3. The molecule has 11 aromatic carbocycles. The lowest BCUT2D eigenvalue weighted by Gasteiger charge is -2.44. The first-order chi connectivity index (χ1) is 41.2. The number of rotatable bonds is 9. The van der Waals surface area contributed by atoms with Crippen LogP contribution >= 0.6 is 0 Å². The normalized spacial score (nSPS) is 13.7. The average molecular weight is 1090 g/mol. The Kier molecular flexibility index (Phi) is 11.5. The van der Waals surface area contributed by atoms with Crippen molar-refractivity contribution in [1.29, 1.82) is 0 Å². The van der Waals surface area contributed by atoms with Gasteiger partial charge in [-0.1, -0.05) is 237 Å². The minimum absolute atomic E-state index is 0.873. The quantitative estimate of drug-likeness (QED) is 0.135. The maximum Gasteiger partial charge on any atom is 0.184 e. The summed E-state index contributed by atoms with van der Waals surface area (Å²) >= 11 is 0. The van der Waals surface area contributed by atoms with Gasteiger partial charge < -0.3 is 4.57 Å². The first-order valence-corrected chi connectivity index (χ1v) is 32.5. The Labute approximate surface area is 485 Å². The molecule has 0 bridgehead atoms. The maximum atomic E-state index is 5.63. The lowest BCUT2D eigenvalue weighted by Crippen LogP contribution is -2.77. The molecule has 0 saturated carbocycles. The Bertz CT molecular complexity index is 4300. The van der Waals surface area contributed by atoms with Gasteiger partial charge in [-0.3, -0.25) is 9.80 Å². The van der Waals surface area contributed by atoms with Crippen molar-refractivity contribution in [1.82, 2.24) is 14.5 Å². The number of hydrogen-bond acceptors (Lipinski definition) is 4. The Morgan fingerprint density at radius 3 is 0.892 bits per heavy atom. The molecule has 2 aliphatic heterocycles. The van der Waals surface area contributed by atoms with Crippen molar-refractivity contribution in [2.45, 2.75) is 0 Å². The van der Waals surface area contributed by atoms with Crippen LogP contribution in [0.4, 0.5) is 34.4 Å². The molecule has 0 radical (unpaired) electrons. The Morgan fingerprint density at radius 2 is 0.554 bits per heavy atom. The number of para-hydroxylation sites is 5. The van der Waals surface area contributed by atoms with Gasteiger partial charge in [0.1, 0.15) is 11.6 Å². The molecule has 3 aromatic heterocycles. The third-order valence-corrected chi connectivity index (χ3v) is 27.0. The summed E-state index contributed by atoms with van der Waals surface area (Å²) in [5, 5.41) is 13.1. The molecule has 0 saturated heterocycles. The van der Waals surface area contributed by atoms with Crippen LogP contribution in [0.1, 0.15) is 0 Å². The van der Waals surface area contributed by atoms with Gasteiger partial charge in [-0.2, -0.15) is 0 Å². The SMILES string of the molecule is c1ccc(-n2c3ccc(-c4cccc(N5c6ccccc6[Si](c6ccccc6)(c6ccccc6)c6ccccc65)n4)cc3c3cc(-c4cccc(N5c6ccccc6[Si](c6ccccc6)(c6ccccc6)c6ccccc65)n4)ccc32)cc1. The lowest BCUT2D eigenvalue weighted by molar-refractivity contribution is 1.18. The standard InChI is InChI=1S/C76H53N5Si2/c1-6-26-56(27-7-1)79-65-50-48-54(63-36-24-46-75(77-63)80-67-38-16-20-42-71(67)82(57-28-8-2-9-29-57,58-30-10-3-11-31-58)72-43-21-17-39-68(72)80)52-61(65)62-53-55(49-51-66(62)79)64-37-25-47-76(78-64)81-69-40-18-22-44-73(69)83(59-32-12-4-13-33-59,60-34-14-5-15-35-60)74-45-23-19-41-70(74)81/h1-53H. The molecule has 5 heterocycles. The van der Waals surface area contributed by atoms with E-state index in [1.54, 1.807) is 0 Å². The molecule has 16 rings (SSSR count). The van der Waals surface area contributed by atoms with Crippen LogP contribution in [0, 0.1) is 0 Å². The maximum absolute atomic E-state index is 5.63. The Hall–Kier alpha value is -10.4. The molecule has 7 heteroatoms. The van der Waals surface area contributed by atoms with Gasteiger partial charge in [-0.25, -0.2) is 9.97 Å². The fraction of sp³-hybridized carbons (Fsp3) is 0. The molecule has 5 nitrogen and oxygen atoms in total. The van der Waals surface area contributed by atoms with E-state index >= 15 is 0 Å². The van der Waals surface area contributed by atoms with Gasteiger partial charge in [-0.05, 0) is 126 Å². The van der Waals surface area contributed by atoms with Crippen LogP contribution in [0.25, 0.3) is 50.0 Å². The second-order valence-corrected chi connectivity index (χ2v) is 29.1. The molecule has 0 spiro atoms. The summed E-state index contributed by atoms with van der Waals surface area (Å²) in [6.07, 6.45) is 0. The predicted molar refractivity (Wildman–Crippen MR) is 351 cm³/mol. The van der Waals surface area contributed by atoms with Gasteiger partial charge in [0.2, 0.25) is 0 Å². The summed E-state index contributed by atoms with van der Waals surface area (Å²) in [6, 6.07) is 118. The molecule has 390 valence electrons. The van der Waals surface area contributed by atoms with E-state index in [0.29, 0.717) is 0 Å². The van der Waals surface area contributed by atoms with Crippen LogP contribution in [-0.2, 0) is 0 Å². The van der Waals surface area contributed by atoms with E-state index < -0.39 is 16.1 Å². The van der Waals surface area contributed by atoms with Crippen molar-refractivity contribution in [3.63, 3.8) is 0 Å². The topological polar surface area (TPSA) is 37.2 Å². The molecule has 83 heavy (non-hydrogen) atoms. The second-order valence-electron chi connectivity index (χ2n) is 21.6. The summed E-state index contributed by atoms with van der Waals surface area (Å²) in [6.45, 7) is 0. The van der Waals surface area contributed by atoms with Gasteiger partial charge in [0, 0.05) is 50.3 Å². The van der Waals surface area contributed by atoms with E-state index in [0.717, 1.165) is 84.4 Å². The van der Waals surface area contributed by atoms with Gasteiger partial charge in [0.05, 0.1) is 22.4 Å². The van der Waals surface area contributed by atoms with Crippen molar-refractivity contribution < 1.29 is 0 Å². The number of aromatic nitrogens is 3. The molecule has 14 aromatic rings. The summed E-state index contributed by atoms with van der Waals surface area (Å²) in [5.74, 6) is 1.75. The van der Waals surface area contributed by atoms with E-state index in [-0.39, 0.29) is 0 Å². The molecule has 0 unspecified atom stereocenters. The summed E-state index contributed by atoms with van der Waals surface area (Å²) in [5.41, 5.74) is 11.9. The molecule has 0 N–H and O–H groups in total. The zero-order valence-electron chi connectivity index (χ0n) is 45.3. The fourth-order valence-corrected chi connectivity index (χ4v) is 24.1. The molecular formula is C76H53N5Si2. The van der Waals surface area contributed by atoms with E-state index in [4.69, 9.17) is 9.97 Å². The summed E-state index contributed by atoms with van der Waals surface area (Å²) < 4.78 is 2.39. The molecular weight excluding hydrogens is 1040 g/mol. The predicted octanol–water partition coefficient (Wildman–Crippen LogP) is 13.2. The molecule has 0 fully saturated rings. The number of hydrogen-bond donors (Lipinski definition) is 0. The van der Waals surface area contributed by atoms with Crippen molar-refractivity contribution >= 4 is 114 Å². The third kappa shape index (κ3) is 7.45. The number of pyridine rings is 2. The Balaban J connectivity index is 0.831. The van der Waals surface area contributed by atoms with Crippen LogP contribution in [0.2, 0.25) is 0 Å². The largest absolute Gasteiger partial charge is 0.309 e. The van der Waals surface area contributed by atoms with Crippen molar-refractivity contribution in [2.24, 2.45) is 0 Å². The average Bonchev–Trinajstić information content (AvgIpc) is 2.00. The summed E-state index contributed by atoms with van der Waals surface area (Å²) in [7, 11) is -5.57. The molecule has 0 aliphatic carbocycles. The van der Waals surface area contributed by atoms with E-state index in [9.17, 15) is 0 Å². The van der Waals surface area contributed by atoms with E-state index in [2.05, 4.69) is 336 Å². The molecule has 0 amide bonds. The van der Waals surface area contributed by atoms with Crippen molar-refractivity contribution in [2.75, 3.05) is 9.80 Å². The highest BCUT2D eigenvalue weighted by Crippen LogP contribution is 2.42. The second kappa shape index (κ2) is 19.7. The van der Waals surface area contributed by atoms with Gasteiger partial charge in [0.15, 0.2) is 16.1 Å². The zero-order valence-corrected chi connectivity index (χ0v) is 47.3. The number of nitrogens with zero attached hydrogens (tertiary/aromatic N) is 5. The Morgan fingerprint density at radius 1 is 0.253 bits per heavy atom. The first-order valence-electron chi connectivity index (χ1n) is 28.5. The fourth-order valence-electron chi connectivity index (χ4n) is 13.9. The van der Waals surface area contributed by atoms with Crippen molar-refractivity contribution in [3.8, 4) is 28.2 Å². The van der Waals surface area contributed by atoms with Crippen LogP contribution in [-0.4, -0.2) is 30.7 Å². The monoisotopic (exact) mass is 1090 g/mol. The number of fused-ring (bicyclic) bond motifs is 7. The minimum atomic E-state index is -2.79. The lowest BCUT2D eigenvalue weighted by atomic mass is 10.0. The van der Waals surface area contributed by atoms with Gasteiger partial charge in [0.25, 0.3) is 0 Å². The highest BCUT2D eigenvalue weighted by molar-refractivity contribution is 7.22. The smallest absolute Gasteiger partial charge is 0.184 e. The first kappa shape index (κ1) is 48.5. The number of anilines is 6. The van der Waals surface area contributed by atoms with Crippen LogP contribution < -0.4 is 51.3 Å². The van der Waals surface area contributed by atoms with Crippen LogP contribution in [0.5, 0.6) is 0 Å². The summed E-state index contributed by atoms with van der Waals surface area (Å²) in [4.78, 5) is 16.0. The highest BCUT2D eigenvalue weighted by atomic mass is 28.3. The van der Waals surface area contributed by atoms with Crippen LogP contribution in [0.15, 0.2) is 322 Å². The highest BCUT2D eigenvalue weighted by Gasteiger charge is 2.50.